The van der Waals surface area contributed by atoms with Gasteiger partial charge in [0.1, 0.15) is 5.75 Å². The number of Topliss-reactive ketones (excluding diaryl/α,β-unsaturated/α-hetero) is 1. The van der Waals surface area contributed by atoms with Crippen molar-refractivity contribution in [2.45, 2.75) is 13.8 Å². The Morgan fingerprint density at radius 2 is 1.86 bits per heavy atom. The van der Waals surface area contributed by atoms with E-state index in [-0.39, 0.29) is 5.78 Å². The first-order chi connectivity index (χ1) is 10.1. The molecule has 0 amide bonds. The van der Waals surface area contributed by atoms with Crippen molar-refractivity contribution in [1.82, 2.24) is 9.80 Å². The fraction of sp³-hybridized carbons (Fsp3) is 0.562. The lowest BCUT2D eigenvalue weighted by Crippen LogP contribution is -2.47. The second-order valence-corrected chi connectivity index (χ2v) is 5.32. The van der Waals surface area contributed by atoms with Crippen LogP contribution in [-0.4, -0.2) is 61.5 Å². The summed E-state index contributed by atoms with van der Waals surface area (Å²) in [6.07, 6.45) is 0. The van der Waals surface area contributed by atoms with Gasteiger partial charge in [-0.25, -0.2) is 0 Å². The maximum Gasteiger partial charge on any atom is 0.176 e. The Kier molecular flexibility index (Phi) is 5.59. The smallest absolute Gasteiger partial charge is 0.176 e. The summed E-state index contributed by atoms with van der Waals surface area (Å²) < 4.78 is 5.39. The lowest BCUT2D eigenvalue weighted by Gasteiger charge is -2.33. The van der Waals surface area contributed by atoms with Gasteiger partial charge in [0.05, 0.1) is 18.8 Å². The average Bonchev–Trinajstić information content (AvgIpc) is 2.50. The predicted molar refractivity (Wildman–Crippen MR) is 84.9 cm³/mol. The molecule has 0 atom stereocenters. The van der Waals surface area contributed by atoms with Gasteiger partial charge in [-0.15, -0.1) is 0 Å². The number of nitrogens with zero attached hydrogens (tertiary/aromatic N) is 2. The van der Waals surface area contributed by atoms with Crippen molar-refractivity contribution in [2.24, 2.45) is 0 Å². The van der Waals surface area contributed by atoms with Crippen LogP contribution in [0.5, 0.6) is 5.75 Å². The van der Waals surface area contributed by atoms with Gasteiger partial charge >= 0.3 is 0 Å². The van der Waals surface area contributed by atoms with E-state index < -0.39 is 0 Å². The van der Waals surface area contributed by atoms with Crippen molar-refractivity contribution < 1.29 is 9.53 Å². The number of anilines is 1. The minimum Gasteiger partial charge on any atom is -0.492 e. The van der Waals surface area contributed by atoms with Gasteiger partial charge in [0.2, 0.25) is 0 Å². The zero-order valence-electron chi connectivity index (χ0n) is 13.0. The second kappa shape index (κ2) is 7.43. The highest BCUT2D eigenvalue weighted by Gasteiger charge is 2.19. The quantitative estimate of drug-likeness (QED) is 0.635. The number of rotatable bonds is 6. The zero-order valence-corrected chi connectivity index (χ0v) is 13.0. The maximum atomic E-state index is 12.3. The van der Waals surface area contributed by atoms with Crippen LogP contribution in [0.3, 0.4) is 0 Å². The van der Waals surface area contributed by atoms with Gasteiger partial charge in [0.25, 0.3) is 0 Å². The Labute approximate surface area is 126 Å². The van der Waals surface area contributed by atoms with Crippen molar-refractivity contribution in [3.63, 3.8) is 0 Å². The predicted octanol–water partition coefficient (Wildman–Crippen LogP) is 1.49. The second-order valence-electron chi connectivity index (χ2n) is 5.32. The summed E-state index contributed by atoms with van der Waals surface area (Å²) in [4.78, 5) is 16.9. The Bertz CT molecular complexity index is 482. The molecule has 2 rings (SSSR count). The number of hydrogen-bond acceptors (Lipinski definition) is 5. The molecule has 1 fully saturated rings. The van der Waals surface area contributed by atoms with Crippen LogP contribution < -0.4 is 10.5 Å². The molecule has 0 radical (unpaired) electrons. The molecular weight excluding hydrogens is 266 g/mol. The molecule has 0 unspecified atom stereocenters. The molecule has 1 aliphatic rings. The Morgan fingerprint density at radius 1 is 1.19 bits per heavy atom. The first-order valence-electron chi connectivity index (χ1n) is 7.64. The van der Waals surface area contributed by atoms with Crippen LogP contribution in [-0.2, 0) is 0 Å². The molecule has 1 aromatic carbocycles. The number of ketones is 1. The third kappa shape index (κ3) is 4.19. The number of nitrogen functional groups attached to an aromatic ring is 1. The van der Waals surface area contributed by atoms with E-state index in [1.165, 1.54) is 0 Å². The number of piperazine rings is 1. The highest BCUT2D eigenvalue weighted by atomic mass is 16.5. The molecule has 2 N–H and O–H groups in total. The fourth-order valence-electron chi connectivity index (χ4n) is 2.57. The van der Waals surface area contributed by atoms with Crippen LogP contribution in [0.2, 0.25) is 0 Å². The number of carbonyl (C=O) groups is 1. The van der Waals surface area contributed by atoms with Crippen LogP contribution in [0.25, 0.3) is 0 Å². The third-order valence-electron chi connectivity index (χ3n) is 3.91. The molecule has 1 saturated heterocycles. The maximum absolute atomic E-state index is 12.3. The molecule has 5 nitrogen and oxygen atoms in total. The monoisotopic (exact) mass is 291 g/mol. The summed E-state index contributed by atoms with van der Waals surface area (Å²) in [7, 11) is 0. The van der Waals surface area contributed by atoms with Crippen molar-refractivity contribution in [1.29, 1.82) is 0 Å². The van der Waals surface area contributed by atoms with Gasteiger partial charge in [0.15, 0.2) is 5.78 Å². The molecule has 0 saturated carbocycles. The largest absolute Gasteiger partial charge is 0.492 e. The minimum atomic E-state index is 0.120. The standard InChI is InChI=1S/C16H25N3O2/c1-3-18-7-9-19(10-8-18)12-15(20)13-5-6-16(21-4-2)14(17)11-13/h5-6,11H,3-4,7-10,12,17H2,1-2H3. The van der Waals surface area contributed by atoms with Crippen molar-refractivity contribution >= 4 is 11.5 Å². The summed E-state index contributed by atoms with van der Waals surface area (Å²) in [6.45, 7) is 10.2. The number of benzene rings is 1. The summed E-state index contributed by atoms with van der Waals surface area (Å²) in [5, 5.41) is 0. The van der Waals surface area contributed by atoms with E-state index in [1.54, 1.807) is 18.2 Å². The molecule has 116 valence electrons. The van der Waals surface area contributed by atoms with Gasteiger partial charge in [-0.1, -0.05) is 6.92 Å². The topological polar surface area (TPSA) is 58.8 Å². The number of likely N-dealkylation sites (N-methyl/N-ethyl adjacent to an activating group) is 1. The van der Waals surface area contributed by atoms with E-state index in [2.05, 4.69) is 16.7 Å². The Morgan fingerprint density at radius 3 is 2.43 bits per heavy atom. The van der Waals surface area contributed by atoms with E-state index in [4.69, 9.17) is 10.5 Å². The molecule has 0 bridgehead atoms. The number of nitrogens with two attached hydrogens (primary N) is 1. The molecular formula is C16H25N3O2. The highest BCUT2D eigenvalue weighted by molar-refractivity contribution is 5.98. The Hall–Kier alpha value is -1.59. The molecule has 5 heteroatoms. The summed E-state index contributed by atoms with van der Waals surface area (Å²) in [5.74, 6) is 0.764. The lowest BCUT2D eigenvalue weighted by atomic mass is 10.1. The van der Waals surface area contributed by atoms with Crippen LogP contribution in [0.1, 0.15) is 24.2 Å². The van der Waals surface area contributed by atoms with Gasteiger partial charge in [-0.2, -0.15) is 0 Å². The minimum absolute atomic E-state index is 0.120. The number of ether oxygens (including phenoxy) is 1. The molecule has 1 aromatic rings. The van der Waals surface area contributed by atoms with E-state index in [9.17, 15) is 4.79 Å². The normalized spacial score (nSPS) is 16.9. The number of carbonyl (C=O) groups excluding carboxylic acids is 1. The first-order valence-corrected chi connectivity index (χ1v) is 7.64. The van der Waals surface area contributed by atoms with Crippen LogP contribution in [0.15, 0.2) is 18.2 Å². The third-order valence-corrected chi connectivity index (χ3v) is 3.91. The van der Waals surface area contributed by atoms with Crippen LogP contribution in [0, 0.1) is 0 Å². The van der Waals surface area contributed by atoms with Gasteiger partial charge in [0, 0.05) is 31.7 Å². The SMILES string of the molecule is CCOc1ccc(C(=O)CN2CCN(CC)CC2)cc1N. The van der Waals surface area contributed by atoms with Crippen molar-refractivity contribution in [2.75, 3.05) is 51.6 Å². The molecule has 1 aliphatic heterocycles. The van der Waals surface area contributed by atoms with Gasteiger partial charge in [-0.3, -0.25) is 9.69 Å². The number of hydrogen-bond donors (Lipinski definition) is 1. The van der Waals surface area contributed by atoms with Crippen LogP contribution >= 0.6 is 0 Å². The van der Waals surface area contributed by atoms with Gasteiger partial charge < -0.3 is 15.4 Å². The molecule has 0 aromatic heterocycles. The Balaban J connectivity index is 1.93. The van der Waals surface area contributed by atoms with E-state index in [1.807, 2.05) is 6.92 Å². The lowest BCUT2D eigenvalue weighted by molar-refractivity contribution is 0.0859. The summed E-state index contributed by atoms with van der Waals surface area (Å²) >= 11 is 0. The molecule has 0 aliphatic carbocycles. The molecule has 21 heavy (non-hydrogen) atoms. The van der Waals surface area contributed by atoms with E-state index in [0.717, 1.165) is 32.7 Å². The molecule has 0 spiro atoms. The molecule has 1 heterocycles. The van der Waals surface area contributed by atoms with Gasteiger partial charge in [-0.05, 0) is 31.7 Å². The summed E-state index contributed by atoms with van der Waals surface area (Å²) in [6, 6.07) is 5.29. The average molecular weight is 291 g/mol. The van der Waals surface area contributed by atoms with Crippen LogP contribution in [0.4, 0.5) is 5.69 Å². The van der Waals surface area contributed by atoms with E-state index in [0.29, 0.717) is 30.2 Å². The van der Waals surface area contributed by atoms with Crippen molar-refractivity contribution in [3.8, 4) is 5.75 Å². The highest BCUT2D eigenvalue weighted by Crippen LogP contribution is 2.22. The fourth-order valence-corrected chi connectivity index (χ4v) is 2.57. The summed E-state index contributed by atoms with van der Waals surface area (Å²) in [5.41, 5.74) is 7.10. The van der Waals surface area contributed by atoms with Crippen molar-refractivity contribution in [3.05, 3.63) is 23.8 Å². The van der Waals surface area contributed by atoms with E-state index >= 15 is 0 Å². The zero-order chi connectivity index (χ0) is 15.2. The first kappa shape index (κ1) is 15.8.